The molecule has 1 aliphatic rings. The van der Waals surface area contributed by atoms with Crippen molar-refractivity contribution in [3.05, 3.63) is 11.0 Å². The molecule has 0 spiro atoms. The monoisotopic (exact) mass is 244 g/mol. The Bertz CT molecular complexity index is 207. The van der Waals surface area contributed by atoms with E-state index >= 15 is 0 Å². The molecule has 0 nitrogen and oxygen atoms in total. The summed E-state index contributed by atoms with van der Waals surface area (Å²) in [7, 11) is 4.09. The molecule has 1 atom stereocenters. The second-order valence-corrected chi connectivity index (χ2v) is 7.82. The van der Waals surface area contributed by atoms with E-state index in [0.717, 1.165) is 17.1 Å². The van der Waals surface area contributed by atoms with Crippen LogP contribution in [0.1, 0.15) is 53.4 Å². The van der Waals surface area contributed by atoms with Crippen molar-refractivity contribution in [3.63, 3.8) is 0 Å². The number of hydrogen-bond donors (Lipinski definition) is 0. The van der Waals surface area contributed by atoms with Crippen LogP contribution in [-0.4, -0.2) is 5.25 Å². The Labute approximate surface area is 103 Å². The third-order valence-electron chi connectivity index (χ3n) is 2.65. The van der Waals surface area contributed by atoms with Crippen LogP contribution in [0.3, 0.4) is 0 Å². The Balaban J connectivity index is 2.22. The summed E-state index contributed by atoms with van der Waals surface area (Å²) in [5.41, 5.74) is 0. The van der Waals surface area contributed by atoms with E-state index in [1.807, 2.05) is 10.8 Å². The van der Waals surface area contributed by atoms with Crippen LogP contribution in [0.25, 0.3) is 0 Å². The Morgan fingerprint density at radius 2 is 1.80 bits per heavy atom. The molecule has 0 fully saturated rings. The summed E-state index contributed by atoms with van der Waals surface area (Å²) in [5, 5.41) is 0.791. The van der Waals surface area contributed by atoms with E-state index in [1.54, 1.807) is 4.91 Å². The lowest BCUT2D eigenvalue weighted by Gasteiger charge is -2.07. The van der Waals surface area contributed by atoms with Gasteiger partial charge in [0.15, 0.2) is 0 Å². The maximum atomic E-state index is 2.51. The minimum Gasteiger partial charge on any atom is -0.0816 e. The third kappa shape index (κ3) is 5.91. The van der Waals surface area contributed by atoms with Crippen molar-refractivity contribution in [1.82, 2.24) is 0 Å². The highest BCUT2D eigenvalue weighted by atomic mass is 33.1. The van der Waals surface area contributed by atoms with Crippen molar-refractivity contribution in [2.75, 3.05) is 0 Å². The zero-order valence-electron chi connectivity index (χ0n) is 10.5. The summed E-state index contributed by atoms with van der Waals surface area (Å²) in [4.78, 5) is 1.63. The molecule has 1 aliphatic heterocycles. The van der Waals surface area contributed by atoms with Crippen molar-refractivity contribution >= 4 is 21.6 Å². The summed E-state index contributed by atoms with van der Waals surface area (Å²) in [6.07, 6.45) is 7.89. The summed E-state index contributed by atoms with van der Waals surface area (Å²) in [6, 6.07) is 0. The van der Waals surface area contributed by atoms with Gasteiger partial charge >= 0.3 is 0 Å². The van der Waals surface area contributed by atoms with Crippen LogP contribution in [0.5, 0.6) is 0 Å². The first-order valence-corrected chi connectivity index (χ1v) is 8.33. The van der Waals surface area contributed by atoms with Gasteiger partial charge in [-0.05, 0) is 42.4 Å². The highest BCUT2D eigenvalue weighted by Crippen LogP contribution is 2.45. The van der Waals surface area contributed by atoms with E-state index in [9.17, 15) is 0 Å². The first-order valence-electron chi connectivity index (χ1n) is 6.12. The van der Waals surface area contributed by atoms with E-state index in [4.69, 9.17) is 0 Å². The largest absolute Gasteiger partial charge is 0.0816 e. The lowest BCUT2D eigenvalue weighted by Crippen LogP contribution is -1.97. The fraction of sp³-hybridized carbons (Fsp3) is 0.846. The summed E-state index contributed by atoms with van der Waals surface area (Å²) in [6.45, 7) is 9.25. The fourth-order valence-corrected chi connectivity index (χ4v) is 4.39. The van der Waals surface area contributed by atoms with E-state index < -0.39 is 0 Å². The van der Waals surface area contributed by atoms with Gasteiger partial charge in [0.05, 0.1) is 0 Å². The predicted molar refractivity (Wildman–Crippen MR) is 75.2 cm³/mol. The van der Waals surface area contributed by atoms with Crippen molar-refractivity contribution in [2.24, 2.45) is 11.8 Å². The molecule has 1 heterocycles. The van der Waals surface area contributed by atoms with Crippen molar-refractivity contribution < 1.29 is 0 Å². The molecule has 2 heteroatoms. The van der Waals surface area contributed by atoms with Crippen molar-refractivity contribution in [2.45, 2.75) is 58.6 Å². The Kier molecular flexibility index (Phi) is 6.21. The quantitative estimate of drug-likeness (QED) is 0.565. The average Bonchev–Trinajstić information content (AvgIpc) is 2.59. The Morgan fingerprint density at radius 1 is 1.13 bits per heavy atom. The van der Waals surface area contributed by atoms with Gasteiger partial charge in [-0.15, -0.1) is 0 Å². The molecule has 88 valence electrons. The Morgan fingerprint density at radius 3 is 2.40 bits per heavy atom. The highest BCUT2D eigenvalue weighted by molar-refractivity contribution is 8.78. The molecule has 1 unspecified atom stereocenters. The Hall–Kier alpha value is 0.440. The van der Waals surface area contributed by atoms with Crippen LogP contribution in [-0.2, 0) is 0 Å². The van der Waals surface area contributed by atoms with Gasteiger partial charge in [0.25, 0.3) is 0 Å². The van der Waals surface area contributed by atoms with Crippen LogP contribution in [0.2, 0.25) is 0 Å². The van der Waals surface area contributed by atoms with E-state index in [2.05, 4.69) is 44.6 Å². The van der Waals surface area contributed by atoms with Crippen LogP contribution < -0.4 is 0 Å². The first-order chi connectivity index (χ1) is 7.08. The summed E-state index contributed by atoms with van der Waals surface area (Å²) < 4.78 is 0. The number of rotatable bonds is 6. The molecule has 0 saturated carbocycles. The SMILES string of the molecule is CC(C)CCC1=CC(CCC(C)C)SS1. The van der Waals surface area contributed by atoms with Gasteiger partial charge in [0, 0.05) is 5.25 Å². The van der Waals surface area contributed by atoms with E-state index in [0.29, 0.717) is 0 Å². The number of allylic oxidation sites excluding steroid dienone is 1. The topological polar surface area (TPSA) is 0 Å². The predicted octanol–water partition coefficient (Wildman–Crippen LogP) is 5.51. The molecule has 15 heavy (non-hydrogen) atoms. The molecule has 0 aromatic rings. The average molecular weight is 244 g/mol. The van der Waals surface area contributed by atoms with Crippen LogP contribution in [0.15, 0.2) is 11.0 Å². The van der Waals surface area contributed by atoms with Gasteiger partial charge < -0.3 is 0 Å². The van der Waals surface area contributed by atoms with Crippen LogP contribution >= 0.6 is 21.6 Å². The van der Waals surface area contributed by atoms with Crippen LogP contribution in [0, 0.1) is 11.8 Å². The number of hydrogen-bond acceptors (Lipinski definition) is 2. The second-order valence-electron chi connectivity index (χ2n) is 5.25. The van der Waals surface area contributed by atoms with E-state index in [-0.39, 0.29) is 0 Å². The maximum absolute atomic E-state index is 2.51. The van der Waals surface area contributed by atoms with Gasteiger partial charge in [-0.3, -0.25) is 0 Å². The van der Waals surface area contributed by atoms with Gasteiger partial charge in [0.2, 0.25) is 0 Å². The molecule has 0 bridgehead atoms. The second kappa shape index (κ2) is 6.90. The first kappa shape index (κ1) is 13.5. The molecule has 0 radical (unpaired) electrons. The summed E-state index contributed by atoms with van der Waals surface area (Å²) in [5.74, 6) is 1.69. The van der Waals surface area contributed by atoms with Crippen molar-refractivity contribution in [1.29, 1.82) is 0 Å². The zero-order valence-corrected chi connectivity index (χ0v) is 12.1. The smallest absolute Gasteiger partial charge is 0.0345 e. The molecule has 0 aliphatic carbocycles. The molecule has 0 saturated heterocycles. The third-order valence-corrected chi connectivity index (χ3v) is 5.59. The molecule has 0 aromatic heterocycles. The van der Waals surface area contributed by atoms with Gasteiger partial charge in [-0.2, -0.15) is 0 Å². The maximum Gasteiger partial charge on any atom is 0.0345 e. The molecular formula is C13H24S2. The lowest BCUT2D eigenvalue weighted by atomic mass is 10.0. The fourth-order valence-electron chi connectivity index (χ4n) is 1.57. The van der Waals surface area contributed by atoms with Gasteiger partial charge in [-0.1, -0.05) is 55.4 Å². The lowest BCUT2D eigenvalue weighted by molar-refractivity contribution is 0.563. The van der Waals surface area contributed by atoms with E-state index in [1.165, 1.54) is 25.7 Å². The normalized spacial score (nSPS) is 21.5. The highest BCUT2D eigenvalue weighted by Gasteiger charge is 2.17. The standard InChI is InChI=1S/C13H24S2/c1-10(2)5-7-12-9-13(15-14-12)8-6-11(3)4/h9-12H,5-8H2,1-4H3. The molecule has 1 rings (SSSR count). The molecule has 0 N–H and O–H groups in total. The minimum absolute atomic E-state index is 0.791. The molecular weight excluding hydrogens is 220 g/mol. The minimum atomic E-state index is 0.791. The molecule has 0 amide bonds. The zero-order chi connectivity index (χ0) is 11.3. The van der Waals surface area contributed by atoms with Crippen LogP contribution in [0.4, 0.5) is 0 Å². The van der Waals surface area contributed by atoms with Crippen molar-refractivity contribution in [3.8, 4) is 0 Å². The summed E-state index contributed by atoms with van der Waals surface area (Å²) >= 11 is 0. The van der Waals surface area contributed by atoms with Gasteiger partial charge in [0.1, 0.15) is 0 Å². The van der Waals surface area contributed by atoms with Gasteiger partial charge in [-0.25, -0.2) is 0 Å². The molecule has 0 aromatic carbocycles.